The first-order valence-corrected chi connectivity index (χ1v) is 15.8. The summed E-state index contributed by atoms with van der Waals surface area (Å²) in [5, 5.41) is 3.40. The van der Waals surface area contributed by atoms with Gasteiger partial charge in [-0.2, -0.15) is 0 Å². The molecule has 0 amide bonds. The molecule has 0 saturated heterocycles. The molecule has 5 heteroatoms. The van der Waals surface area contributed by atoms with Crippen LogP contribution in [0.3, 0.4) is 0 Å². The minimum absolute atomic E-state index is 0.0456. The molecule has 5 aromatic rings. The summed E-state index contributed by atoms with van der Waals surface area (Å²) in [4.78, 5) is 21.2. The summed E-state index contributed by atoms with van der Waals surface area (Å²) in [6.07, 6.45) is 5.64. The third-order valence-corrected chi connectivity index (χ3v) is 9.68. The number of unbranched alkanes of at least 4 members (excludes halogenated alkanes) is 2. The molecule has 0 unspecified atom stereocenters. The van der Waals surface area contributed by atoms with Crippen LogP contribution >= 0.6 is 0 Å². The van der Waals surface area contributed by atoms with Gasteiger partial charge in [0, 0.05) is 0 Å². The molecule has 2 heterocycles. The van der Waals surface area contributed by atoms with E-state index in [0.717, 1.165) is 77.3 Å². The molecule has 38 heavy (non-hydrogen) atoms. The molecule has 198 valence electrons. The zero-order valence-electron chi connectivity index (χ0n) is 23.3. The van der Waals surface area contributed by atoms with E-state index >= 15 is 0 Å². The molecule has 4 nitrogen and oxygen atoms in total. The van der Waals surface area contributed by atoms with Crippen LogP contribution in [0.2, 0.25) is 0 Å². The molecular formula is C33H38N2O2Se. The number of hydrogen-bond acceptors (Lipinski definition) is 4. The molecule has 0 fully saturated rings. The fraction of sp³-hybridized carbons (Fsp3) is 0.394. The fourth-order valence-corrected chi connectivity index (χ4v) is 7.54. The number of aromatic nitrogens is 1. The van der Waals surface area contributed by atoms with Crippen molar-refractivity contribution in [3.8, 4) is 10.1 Å². The van der Waals surface area contributed by atoms with Crippen molar-refractivity contribution < 1.29 is 4.42 Å². The second-order valence-electron chi connectivity index (χ2n) is 10.5. The zero-order chi connectivity index (χ0) is 26.8. The second kappa shape index (κ2) is 11.5. The Bertz CT molecular complexity index is 1640. The van der Waals surface area contributed by atoms with Gasteiger partial charge in [0.1, 0.15) is 0 Å². The van der Waals surface area contributed by atoms with E-state index in [1.165, 1.54) is 15.2 Å². The van der Waals surface area contributed by atoms with Crippen molar-refractivity contribution in [3.05, 3.63) is 70.1 Å². The molecule has 0 aliphatic carbocycles. The van der Waals surface area contributed by atoms with E-state index in [-0.39, 0.29) is 26.0 Å². The Morgan fingerprint density at radius 3 is 2.34 bits per heavy atom. The Kier molecular flexibility index (Phi) is 8.06. The van der Waals surface area contributed by atoms with Gasteiger partial charge in [0.25, 0.3) is 0 Å². The number of rotatable bonds is 10. The SMILES string of the molecule is CCCCN(CCCC)c1ccc2c(C(C)C)c(-c3nc4c(ccc5cc(CC)ccc54)[se]3)c(=O)oc2c1. The standard InChI is InChI=1S/C33H38N2O2Se/c1-6-9-17-35(18-10-7-2)24-13-15-26-27(20-24)37-33(36)30(29(26)21(4)5)32-34-31-25-14-11-22(8-3)19-23(25)12-16-28(31)38-32/h11-16,19-21H,6-10,17-18H2,1-5H3. The van der Waals surface area contributed by atoms with Gasteiger partial charge in [-0.25, -0.2) is 0 Å². The van der Waals surface area contributed by atoms with Crippen molar-refractivity contribution in [2.24, 2.45) is 0 Å². The fourth-order valence-electron chi connectivity index (χ4n) is 5.38. The van der Waals surface area contributed by atoms with Crippen molar-refractivity contribution in [2.75, 3.05) is 18.0 Å². The van der Waals surface area contributed by atoms with Crippen LogP contribution in [0.5, 0.6) is 0 Å². The first-order chi connectivity index (χ1) is 18.4. The number of hydrogen-bond donors (Lipinski definition) is 0. The molecule has 0 atom stereocenters. The molecule has 0 radical (unpaired) electrons. The minimum atomic E-state index is -0.266. The Morgan fingerprint density at radius 2 is 1.66 bits per heavy atom. The van der Waals surface area contributed by atoms with Gasteiger partial charge >= 0.3 is 232 Å². The van der Waals surface area contributed by atoms with Gasteiger partial charge in [-0.3, -0.25) is 0 Å². The van der Waals surface area contributed by atoms with Crippen molar-refractivity contribution in [2.45, 2.75) is 72.6 Å². The van der Waals surface area contributed by atoms with E-state index in [4.69, 9.17) is 9.40 Å². The summed E-state index contributed by atoms with van der Waals surface area (Å²) in [6.45, 7) is 13.0. The van der Waals surface area contributed by atoms with Crippen LogP contribution in [-0.2, 0) is 6.42 Å². The van der Waals surface area contributed by atoms with Gasteiger partial charge in [-0.15, -0.1) is 0 Å². The number of anilines is 1. The summed E-state index contributed by atoms with van der Waals surface area (Å²) in [7, 11) is 0. The first kappa shape index (κ1) is 26.7. The van der Waals surface area contributed by atoms with Crippen LogP contribution in [0.1, 0.15) is 77.3 Å². The van der Waals surface area contributed by atoms with Gasteiger partial charge in [0.2, 0.25) is 0 Å². The van der Waals surface area contributed by atoms with E-state index in [2.05, 4.69) is 88.0 Å². The van der Waals surface area contributed by atoms with Crippen molar-refractivity contribution >= 4 is 51.7 Å². The van der Waals surface area contributed by atoms with E-state index in [0.29, 0.717) is 11.1 Å². The number of aryl methyl sites for hydroxylation is 1. The predicted octanol–water partition coefficient (Wildman–Crippen LogP) is 8.31. The van der Waals surface area contributed by atoms with E-state index in [1.54, 1.807) is 0 Å². The quantitative estimate of drug-likeness (QED) is 0.125. The van der Waals surface area contributed by atoms with E-state index in [9.17, 15) is 4.79 Å². The van der Waals surface area contributed by atoms with Crippen molar-refractivity contribution in [1.29, 1.82) is 0 Å². The van der Waals surface area contributed by atoms with Gasteiger partial charge in [0.15, 0.2) is 0 Å². The third kappa shape index (κ3) is 5.07. The average Bonchev–Trinajstić information content (AvgIpc) is 3.36. The molecule has 0 N–H and O–H groups in total. The normalized spacial score (nSPS) is 11.8. The number of benzene rings is 3. The molecule has 0 aliphatic rings. The van der Waals surface area contributed by atoms with Crippen LogP contribution in [0.15, 0.2) is 57.7 Å². The summed E-state index contributed by atoms with van der Waals surface area (Å²) in [5.41, 5.74) is 5.62. The molecule has 5 rings (SSSR count). The van der Waals surface area contributed by atoms with Gasteiger partial charge in [-0.1, -0.05) is 0 Å². The van der Waals surface area contributed by atoms with E-state index in [1.807, 2.05) is 0 Å². The second-order valence-corrected chi connectivity index (χ2v) is 12.7. The summed E-state index contributed by atoms with van der Waals surface area (Å²) >= 11 is -0.0456. The van der Waals surface area contributed by atoms with Crippen LogP contribution in [-0.4, -0.2) is 32.6 Å². The monoisotopic (exact) mass is 574 g/mol. The summed E-state index contributed by atoms with van der Waals surface area (Å²) in [6, 6.07) is 17.5. The first-order valence-electron chi connectivity index (χ1n) is 14.1. The van der Waals surface area contributed by atoms with Crippen LogP contribution in [0, 0.1) is 0 Å². The maximum atomic E-state index is 13.6. The number of fused-ring (bicyclic) bond motifs is 4. The molecule has 0 bridgehead atoms. The Balaban J connectivity index is 1.65. The molecule has 0 aliphatic heterocycles. The van der Waals surface area contributed by atoms with Gasteiger partial charge in [0.05, 0.1) is 0 Å². The Hall–Kier alpha value is -2.88. The summed E-state index contributed by atoms with van der Waals surface area (Å²) < 4.78 is 8.18. The molecular weight excluding hydrogens is 535 g/mol. The Labute approximate surface area is 231 Å². The maximum absolute atomic E-state index is 13.6. The van der Waals surface area contributed by atoms with Crippen LogP contribution in [0.25, 0.3) is 41.6 Å². The summed E-state index contributed by atoms with van der Waals surface area (Å²) in [5.74, 6) is 0.171. The van der Waals surface area contributed by atoms with Crippen molar-refractivity contribution in [3.63, 3.8) is 0 Å². The van der Waals surface area contributed by atoms with Gasteiger partial charge < -0.3 is 0 Å². The molecule has 3 aromatic carbocycles. The predicted molar refractivity (Wildman–Crippen MR) is 163 cm³/mol. The zero-order valence-corrected chi connectivity index (χ0v) is 25.0. The van der Waals surface area contributed by atoms with E-state index < -0.39 is 0 Å². The van der Waals surface area contributed by atoms with Crippen LogP contribution < -0.4 is 10.5 Å². The topological polar surface area (TPSA) is 46.3 Å². The third-order valence-electron chi connectivity index (χ3n) is 7.50. The molecule has 0 saturated carbocycles. The molecule has 2 aromatic heterocycles. The Morgan fingerprint density at radius 1 is 0.921 bits per heavy atom. The van der Waals surface area contributed by atoms with Gasteiger partial charge in [-0.05, 0) is 0 Å². The molecule has 0 spiro atoms. The average molecular weight is 574 g/mol. The number of nitrogens with zero attached hydrogens (tertiary/aromatic N) is 2. The van der Waals surface area contributed by atoms with Crippen molar-refractivity contribution in [1.82, 2.24) is 4.98 Å². The van der Waals surface area contributed by atoms with Crippen LogP contribution in [0.4, 0.5) is 5.69 Å².